The van der Waals surface area contributed by atoms with Gasteiger partial charge in [0.15, 0.2) is 0 Å². The first-order chi connectivity index (χ1) is 7.25. The maximum atomic E-state index is 10.5. The summed E-state index contributed by atoms with van der Waals surface area (Å²) in [7, 11) is 0. The predicted octanol–water partition coefficient (Wildman–Crippen LogP) is -0.486. The highest BCUT2D eigenvalue weighted by atomic mass is 16.4. The van der Waals surface area contributed by atoms with Crippen molar-refractivity contribution >= 4 is 12.0 Å². The van der Waals surface area contributed by atoms with Gasteiger partial charge in [0.05, 0.1) is 5.36 Å². The van der Waals surface area contributed by atoms with Gasteiger partial charge in [0.2, 0.25) is 0 Å². The second kappa shape index (κ2) is 4.09. The van der Waals surface area contributed by atoms with Gasteiger partial charge in [-0.15, -0.1) is 0 Å². The Kier molecular flexibility index (Phi) is 2.63. The van der Waals surface area contributed by atoms with Crippen LogP contribution >= 0.6 is 0 Å². The number of rotatable bonds is 2. The molecule has 0 fully saturated rings. The Hall–Kier alpha value is -1.90. The lowest BCUT2D eigenvalue weighted by molar-refractivity contribution is -0.304. The van der Waals surface area contributed by atoms with Gasteiger partial charge in [-0.05, 0) is 17.7 Å². The molecule has 0 saturated heterocycles. The van der Waals surface area contributed by atoms with E-state index < -0.39 is 5.97 Å². The zero-order valence-electron chi connectivity index (χ0n) is 8.14. The van der Waals surface area contributed by atoms with Crippen LogP contribution in [0, 0.1) is 0 Å². The van der Waals surface area contributed by atoms with E-state index in [1.807, 2.05) is 36.4 Å². The van der Waals surface area contributed by atoms with Gasteiger partial charge in [0, 0.05) is 18.1 Å². The molecule has 0 spiro atoms. The third-order valence-electron chi connectivity index (χ3n) is 2.22. The van der Waals surface area contributed by atoms with E-state index in [0.29, 0.717) is 12.1 Å². The van der Waals surface area contributed by atoms with Crippen molar-refractivity contribution < 1.29 is 9.90 Å². The Morgan fingerprint density at radius 2 is 2.13 bits per heavy atom. The van der Waals surface area contributed by atoms with Crippen molar-refractivity contribution in [3.8, 4) is 0 Å². The summed E-state index contributed by atoms with van der Waals surface area (Å²) in [5.74, 6) is -1.09. The van der Waals surface area contributed by atoms with Crippen molar-refractivity contribution in [3.05, 3.63) is 46.6 Å². The van der Waals surface area contributed by atoms with Crippen LogP contribution in [-0.4, -0.2) is 5.97 Å². The molecule has 1 aliphatic heterocycles. The maximum absolute atomic E-state index is 10.5. The summed E-state index contributed by atoms with van der Waals surface area (Å²) in [5.41, 5.74) is 0.566. The molecule has 0 unspecified atom stereocenters. The number of carboxylic acids is 1. The highest BCUT2D eigenvalue weighted by Crippen LogP contribution is 2.04. The number of hydrogen-bond donors (Lipinski definition) is 0. The molecule has 0 atom stereocenters. The molecule has 3 nitrogen and oxygen atoms in total. The number of nitrogens with zero attached hydrogens (tertiary/aromatic N) is 1. The molecular formula is C12H10NO2-. The van der Waals surface area contributed by atoms with E-state index in [4.69, 9.17) is 0 Å². The predicted molar refractivity (Wildman–Crippen MR) is 54.0 cm³/mol. The van der Waals surface area contributed by atoms with Gasteiger partial charge < -0.3 is 9.90 Å². The minimum Gasteiger partial charge on any atom is -0.550 e. The van der Waals surface area contributed by atoms with E-state index in [1.165, 1.54) is 0 Å². The van der Waals surface area contributed by atoms with Crippen LogP contribution in [0.1, 0.15) is 12.8 Å². The van der Waals surface area contributed by atoms with Crippen molar-refractivity contribution in [1.29, 1.82) is 0 Å². The van der Waals surface area contributed by atoms with Crippen LogP contribution < -0.4 is 15.7 Å². The van der Waals surface area contributed by atoms with Crippen LogP contribution in [0.4, 0.5) is 0 Å². The molecule has 1 aromatic carbocycles. The van der Waals surface area contributed by atoms with Crippen LogP contribution in [0.5, 0.6) is 0 Å². The molecule has 1 aromatic rings. The normalized spacial score (nSPS) is 14.0. The van der Waals surface area contributed by atoms with Gasteiger partial charge in [-0.1, -0.05) is 30.4 Å². The van der Waals surface area contributed by atoms with E-state index in [2.05, 4.69) is 4.99 Å². The summed E-state index contributed by atoms with van der Waals surface area (Å²) in [6.45, 7) is 0. The fraction of sp³-hybridized carbons (Fsp3) is 0.167. The quantitative estimate of drug-likeness (QED) is 0.647. The fourth-order valence-electron chi connectivity index (χ4n) is 1.54. The van der Waals surface area contributed by atoms with Crippen molar-refractivity contribution in [3.63, 3.8) is 0 Å². The van der Waals surface area contributed by atoms with Gasteiger partial charge in [0.1, 0.15) is 0 Å². The minimum atomic E-state index is -1.09. The lowest BCUT2D eigenvalue weighted by atomic mass is 10.2. The third kappa shape index (κ3) is 2.31. The van der Waals surface area contributed by atoms with E-state index in [9.17, 15) is 9.90 Å². The molecule has 76 valence electrons. The second-order valence-corrected chi connectivity index (χ2v) is 3.35. The Bertz CT molecular complexity index is 529. The van der Waals surface area contributed by atoms with Gasteiger partial charge in [-0.25, -0.2) is 0 Å². The van der Waals surface area contributed by atoms with Crippen LogP contribution in [0.15, 0.2) is 41.0 Å². The molecule has 0 saturated carbocycles. The first-order valence-electron chi connectivity index (χ1n) is 4.78. The summed E-state index contributed by atoms with van der Waals surface area (Å²) in [6, 6.07) is 7.67. The number of carbonyl (C=O) groups excluding carboxylic acids is 1. The highest BCUT2D eigenvalue weighted by molar-refractivity contribution is 5.67. The Morgan fingerprint density at radius 1 is 1.33 bits per heavy atom. The van der Waals surface area contributed by atoms with E-state index >= 15 is 0 Å². The number of carbonyl (C=O) groups is 1. The molecule has 2 rings (SSSR count). The van der Waals surface area contributed by atoms with Gasteiger partial charge in [-0.3, -0.25) is 4.99 Å². The van der Waals surface area contributed by atoms with Gasteiger partial charge in [-0.2, -0.15) is 0 Å². The topological polar surface area (TPSA) is 52.5 Å². The summed E-state index contributed by atoms with van der Waals surface area (Å²) >= 11 is 0. The molecule has 3 heteroatoms. The van der Waals surface area contributed by atoms with Crippen LogP contribution in [0.25, 0.3) is 6.08 Å². The molecular weight excluding hydrogens is 190 g/mol. The highest BCUT2D eigenvalue weighted by Gasteiger charge is 1.98. The minimum absolute atomic E-state index is 0.123. The molecule has 0 aliphatic carbocycles. The summed E-state index contributed by atoms with van der Waals surface area (Å²) in [5, 5.41) is 12.3. The van der Waals surface area contributed by atoms with Crippen molar-refractivity contribution in [2.75, 3.05) is 0 Å². The number of para-hydroxylation sites is 1. The number of fused-ring (bicyclic) bond motifs is 1. The smallest absolute Gasteiger partial charge is 0.0702 e. The monoisotopic (exact) mass is 200 g/mol. The summed E-state index contributed by atoms with van der Waals surface area (Å²) in [6.07, 6.45) is 4.43. The molecule has 0 bridgehead atoms. The molecule has 15 heavy (non-hydrogen) atoms. The average molecular weight is 200 g/mol. The van der Waals surface area contributed by atoms with Gasteiger partial charge in [0.25, 0.3) is 0 Å². The van der Waals surface area contributed by atoms with Crippen molar-refractivity contribution in [2.45, 2.75) is 12.8 Å². The lowest BCUT2D eigenvalue weighted by Gasteiger charge is -2.01. The van der Waals surface area contributed by atoms with Crippen LogP contribution in [0.2, 0.25) is 0 Å². The van der Waals surface area contributed by atoms with E-state index in [-0.39, 0.29) is 6.42 Å². The number of benzene rings is 1. The largest absolute Gasteiger partial charge is 0.550 e. The molecule has 1 heterocycles. The van der Waals surface area contributed by atoms with Crippen LogP contribution in [-0.2, 0) is 4.79 Å². The number of aliphatic carboxylic acids is 1. The fourth-order valence-corrected chi connectivity index (χ4v) is 1.54. The van der Waals surface area contributed by atoms with E-state index in [1.54, 1.807) is 0 Å². The average Bonchev–Trinajstić information content (AvgIpc) is 2.38. The first kappa shape index (κ1) is 9.65. The van der Waals surface area contributed by atoms with Gasteiger partial charge >= 0.3 is 0 Å². The van der Waals surface area contributed by atoms with Crippen LogP contribution in [0.3, 0.4) is 0 Å². The zero-order valence-corrected chi connectivity index (χ0v) is 8.14. The van der Waals surface area contributed by atoms with E-state index in [0.717, 1.165) is 10.6 Å². The molecule has 0 radical (unpaired) electrons. The molecule has 1 aliphatic rings. The Labute approximate surface area is 87.1 Å². The zero-order chi connectivity index (χ0) is 10.7. The Morgan fingerprint density at radius 3 is 2.93 bits per heavy atom. The lowest BCUT2D eigenvalue weighted by Crippen LogP contribution is -2.25. The maximum Gasteiger partial charge on any atom is 0.0702 e. The summed E-state index contributed by atoms with van der Waals surface area (Å²) in [4.78, 5) is 14.8. The molecule has 0 aromatic heterocycles. The molecule has 0 amide bonds. The third-order valence-corrected chi connectivity index (χ3v) is 2.22. The first-order valence-corrected chi connectivity index (χ1v) is 4.78. The molecule has 0 N–H and O–H groups in total. The number of carboxylic acid groups (broad SMARTS) is 1. The van der Waals surface area contributed by atoms with Crippen molar-refractivity contribution in [1.82, 2.24) is 0 Å². The number of allylic oxidation sites excluding steroid dienone is 1. The SMILES string of the molecule is O=C([O-])CC1=CCC=c2ccccc2=N1. The number of hydrogen-bond acceptors (Lipinski definition) is 3. The standard InChI is InChI=1S/C12H11NO2/c14-12(15)8-10-6-3-5-9-4-1-2-7-11(9)13-10/h1-2,4-7H,3,8H2,(H,14,15)/p-1. The Balaban J connectivity index is 2.45. The summed E-state index contributed by atoms with van der Waals surface area (Å²) < 4.78 is 0. The second-order valence-electron chi connectivity index (χ2n) is 3.35. The van der Waals surface area contributed by atoms with Crippen molar-refractivity contribution in [2.24, 2.45) is 4.99 Å².